The molecule has 114 valence electrons. The van der Waals surface area contributed by atoms with E-state index in [0.29, 0.717) is 28.3 Å². The van der Waals surface area contributed by atoms with Gasteiger partial charge in [-0.3, -0.25) is 9.59 Å². The van der Waals surface area contributed by atoms with Crippen molar-refractivity contribution in [2.75, 3.05) is 11.9 Å². The van der Waals surface area contributed by atoms with Crippen molar-refractivity contribution >= 4 is 45.4 Å². The van der Waals surface area contributed by atoms with Gasteiger partial charge in [-0.2, -0.15) is 0 Å². The first-order valence-corrected chi connectivity index (χ1v) is 7.60. The minimum atomic E-state index is -0.329. The van der Waals surface area contributed by atoms with Gasteiger partial charge in [0.1, 0.15) is 5.75 Å². The summed E-state index contributed by atoms with van der Waals surface area (Å²) in [4.78, 5) is 22.9. The lowest BCUT2D eigenvalue weighted by molar-refractivity contribution is -0.118. The van der Waals surface area contributed by atoms with Gasteiger partial charge in [-0.25, -0.2) is 0 Å². The number of ether oxygens (including phenoxy) is 1. The molecule has 22 heavy (non-hydrogen) atoms. The maximum atomic E-state index is 11.9. The molecule has 0 bridgehead atoms. The van der Waals surface area contributed by atoms with Crippen LogP contribution in [-0.2, 0) is 4.79 Å². The molecule has 0 unspecified atom stereocenters. The average Bonchev–Trinajstić information content (AvgIpc) is 2.49. The van der Waals surface area contributed by atoms with E-state index in [1.165, 1.54) is 0 Å². The van der Waals surface area contributed by atoms with Gasteiger partial charge in [0.2, 0.25) is 0 Å². The van der Waals surface area contributed by atoms with Crippen LogP contribution in [0.25, 0.3) is 0 Å². The third kappa shape index (κ3) is 4.32. The Kier molecular flexibility index (Phi) is 5.57. The maximum absolute atomic E-state index is 11.9. The molecule has 0 saturated heterocycles. The molecule has 2 rings (SSSR count). The standard InChI is InChI=1S/C16H13BrClNO3/c1-10-2-4-13(18)7-14(10)19-16(21)9-22-15-5-3-12(17)6-11(15)8-20/h2-8H,9H2,1H3,(H,19,21). The quantitative estimate of drug-likeness (QED) is 0.787. The second-order valence-electron chi connectivity index (χ2n) is 4.60. The van der Waals surface area contributed by atoms with Crippen molar-refractivity contribution in [2.45, 2.75) is 6.92 Å². The lowest BCUT2D eigenvalue weighted by atomic mass is 10.2. The number of halogens is 2. The number of anilines is 1. The average molecular weight is 383 g/mol. The highest BCUT2D eigenvalue weighted by Gasteiger charge is 2.09. The summed E-state index contributed by atoms with van der Waals surface area (Å²) in [5, 5.41) is 3.26. The van der Waals surface area contributed by atoms with Crippen LogP contribution in [0.2, 0.25) is 5.02 Å². The van der Waals surface area contributed by atoms with Gasteiger partial charge in [-0.15, -0.1) is 0 Å². The van der Waals surface area contributed by atoms with Crippen molar-refractivity contribution in [3.63, 3.8) is 0 Å². The second kappa shape index (κ2) is 7.42. The molecular weight excluding hydrogens is 370 g/mol. The van der Waals surface area contributed by atoms with Gasteiger partial charge >= 0.3 is 0 Å². The number of rotatable bonds is 5. The number of carbonyl (C=O) groups is 2. The summed E-state index contributed by atoms with van der Waals surface area (Å²) in [6.45, 7) is 1.67. The molecular formula is C16H13BrClNO3. The number of hydrogen-bond donors (Lipinski definition) is 1. The van der Waals surface area contributed by atoms with Crippen molar-refractivity contribution in [2.24, 2.45) is 0 Å². The molecule has 0 aliphatic heterocycles. The summed E-state index contributed by atoms with van der Waals surface area (Å²) >= 11 is 9.17. The first kappa shape index (κ1) is 16.5. The Bertz CT molecular complexity index is 719. The van der Waals surface area contributed by atoms with Crippen LogP contribution in [0, 0.1) is 6.92 Å². The van der Waals surface area contributed by atoms with Gasteiger partial charge in [0.15, 0.2) is 12.9 Å². The van der Waals surface area contributed by atoms with Crippen LogP contribution in [0.15, 0.2) is 40.9 Å². The fourth-order valence-electron chi connectivity index (χ4n) is 1.80. The van der Waals surface area contributed by atoms with Crippen LogP contribution in [0.4, 0.5) is 5.69 Å². The van der Waals surface area contributed by atoms with Crippen molar-refractivity contribution in [1.29, 1.82) is 0 Å². The zero-order valence-corrected chi connectivity index (χ0v) is 14.1. The minimum absolute atomic E-state index is 0.200. The Morgan fingerprint density at radius 3 is 2.82 bits per heavy atom. The largest absolute Gasteiger partial charge is 0.483 e. The summed E-state index contributed by atoms with van der Waals surface area (Å²) < 4.78 is 6.15. The van der Waals surface area contributed by atoms with Gasteiger partial charge < -0.3 is 10.1 Å². The Morgan fingerprint density at radius 1 is 1.32 bits per heavy atom. The number of amides is 1. The van der Waals surface area contributed by atoms with E-state index >= 15 is 0 Å². The molecule has 1 amide bonds. The second-order valence-corrected chi connectivity index (χ2v) is 5.95. The summed E-state index contributed by atoms with van der Waals surface area (Å²) in [6.07, 6.45) is 0.680. The molecule has 2 aromatic carbocycles. The first-order chi connectivity index (χ1) is 10.5. The topological polar surface area (TPSA) is 55.4 Å². The van der Waals surface area contributed by atoms with Gasteiger partial charge in [0.05, 0.1) is 5.56 Å². The summed E-state index contributed by atoms with van der Waals surface area (Å²) in [6, 6.07) is 10.2. The van der Waals surface area contributed by atoms with Crippen molar-refractivity contribution in [3.8, 4) is 5.75 Å². The van der Waals surface area contributed by atoms with E-state index in [9.17, 15) is 9.59 Å². The van der Waals surface area contributed by atoms with Gasteiger partial charge in [-0.05, 0) is 42.8 Å². The predicted molar refractivity (Wildman–Crippen MR) is 89.8 cm³/mol. The fraction of sp³-hybridized carbons (Fsp3) is 0.125. The number of nitrogens with one attached hydrogen (secondary N) is 1. The van der Waals surface area contributed by atoms with Crippen LogP contribution >= 0.6 is 27.5 Å². The molecule has 2 aromatic rings. The number of aldehydes is 1. The molecule has 0 aliphatic rings. The van der Waals surface area contributed by atoms with E-state index < -0.39 is 0 Å². The SMILES string of the molecule is Cc1ccc(Cl)cc1NC(=O)COc1ccc(Br)cc1C=O. The zero-order valence-electron chi connectivity index (χ0n) is 11.7. The van der Waals surface area contributed by atoms with Crippen molar-refractivity contribution < 1.29 is 14.3 Å². The maximum Gasteiger partial charge on any atom is 0.262 e. The molecule has 0 spiro atoms. The van der Waals surface area contributed by atoms with Crippen LogP contribution in [0.5, 0.6) is 5.75 Å². The molecule has 4 nitrogen and oxygen atoms in total. The molecule has 0 radical (unpaired) electrons. The predicted octanol–water partition coefficient (Wildman–Crippen LogP) is 4.24. The molecule has 0 heterocycles. The van der Waals surface area contributed by atoms with E-state index in [1.807, 2.05) is 13.0 Å². The summed E-state index contributed by atoms with van der Waals surface area (Å²) in [5.74, 6) is 0.0290. The van der Waals surface area contributed by atoms with E-state index in [0.717, 1.165) is 10.0 Å². The molecule has 0 aliphatic carbocycles. The molecule has 6 heteroatoms. The highest BCUT2D eigenvalue weighted by molar-refractivity contribution is 9.10. The first-order valence-electron chi connectivity index (χ1n) is 6.43. The molecule has 0 aromatic heterocycles. The van der Waals surface area contributed by atoms with Crippen LogP contribution in [0.3, 0.4) is 0 Å². The van der Waals surface area contributed by atoms with E-state index in [4.69, 9.17) is 16.3 Å². The van der Waals surface area contributed by atoms with Crippen LogP contribution < -0.4 is 10.1 Å². The summed E-state index contributed by atoms with van der Waals surface area (Å²) in [5.41, 5.74) is 1.91. The number of benzene rings is 2. The van der Waals surface area contributed by atoms with Gasteiger partial charge in [0.25, 0.3) is 5.91 Å². The number of hydrogen-bond acceptors (Lipinski definition) is 3. The van der Waals surface area contributed by atoms with Gasteiger partial charge in [0, 0.05) is 15.2 Å². The Hall–Kier alpha value is -1.85. The Balaban J connectivity index is 2.01. The monoisotopic (exact) mass is 381 g/mol. The third-order valence-corrected chi connectivity index (χ3v) is 3.66. The van der Waals surface area contributed by atoms with E-state index in [2.05, 4.69) is 21.2 Å². The van der Waals surface area contributed by atoms with E-state index in [-0.39, 0.29) is 12.5 Å². The third-order valence-electron chi connectivity index (χ3n) is 2.93. The summed E-state index contributed by atoms with van der Waals surface area (Å²) in [7, 11) is 0. The number of carbonyl (C=O) groups excluding carboxylic acids is 2. The van der Waals surface area contributed by atoms with Crippen molar-refractivity contribution in [3.05, 3.63) is 57.0 Å². The molecule has 0 fully saturated rings. The van der Waals surface area contributed by atoms with E-state index in [1.54, 1.807) is 30.3 Å². The van der Waals surface area contributed by atoms with Crippen LogP contribution in [0.1, 0.15) is 15.9 Å². The highest BCUT2D eigenvalue weighted by atomic mass is 79.9. The van der Waals surface area contributed by atoms with Crippen LogP contribution in [-0.4, -0.2) is 18.8 Å². The highest BCUT2D eigenvalue weighted by Crippen LogP contribution is 2.22. The minimum Gasteiger partial charge on any atom is -0.483 e. The molecule has 0 saturated carbocycles. The molecule has 1 N–H and O–H groups in total. The zero-order chi connectivity index (χ0) is 16.1. The van der Waals surface area contributed by atoms with Gasteiger partial charge in [-0.1, -0.05) is 33.6 Å². The lowest BCUT2D eigenvalue weighted by Crippen LogP contribution is -2.21. The molecule has 0 atom stereocenters. The smallest absolute Gasteiger partial charge is 0.262 e. The lowest BCUT2D eigenvalue weighted by Gasteiger charge is -2.11. The Labute approximate surface area is 141 Å². The fourth-order valence-corrected chi connectivity index (χ4v) is 2.35. The normalized spacial score (nSPS) is 10.1. The van der Waals surface area contributed by atoms with Crippen molar-refractivity contribution in [1.82, 2.24) is 0 Å². The Morgan fingerprint density at radius 2 is 2.09 bits per heavy atom. The number of aryl methyl sites for hydroxylation is 1.